The van der Waals surface area contributed by atoms with Crippen LogP contribution < -0.4 is 4.90 Å². The van der Waals surface area contributed by atoms with Crippen LogP contribution in [0.5, 0.6) is 0 Å². The van der Waals surface area contributed by atoms with Crippen LogP contribution in [-0.2, 0) is 0 Å². The van der Waals surface area contributed by atoms with E-state index in [-0.39, 0.29) is 0 Å². The Bertz CT molecular complexity index is 344. The minimum Gasteiger partial charge on any atom is -0.355 e. The lowest BCUT2D eigenvalue weighted by Gasteiger charge is -2.25. The molecule has 0 amide bonds. The Labute approximate surface area is 88.7 Å². The van der Waals surface area contributed by atoms with Crippen LogP contribution in [0.15, 0.2) is 12.4 Å². The minimum absolute atomic E-state index is 0.421. The second kappa shape index (κ2) is 4.10. The van der Waals surface area contributed by atoms with E-state index in [1.165, 1.54) is 12.4 Å². The number of nitrogens with zero attached hydrogens (tertiary/aromatic N) is 4. The minimum atomic E-state index is -0.474. The topological polar surface area (TPSA) is 32.3 Å². The molecular weight excluding hydrogens is 195 g/mol. The first kappa shape index (κ1) is 10.3. The summed E-state index contributed by atoms with van der Waals surface area (Å²) in [6, 6.07) is 1.79. The summed E-state index contributed by atoms with van der Waals surface area (Å²) in [6.45, 7) is 2.09. The predicted octanol–water partition coefficient (Wildman–Crippen LogP) is 0.756. The molecule has 0 N–H and O–H groups in total. The van der Waals surface area contributed by atoms with Crippen molar-refractivity contribution < 1.29 is 4.39 Å². The van der Waals surface area contributed by atoms with Gasteiger partial charge in [0, 0.05) is 25.7 Å². The van der Waals surface area contributed by atoms with Gasteiger partial charge in [-0.15, -0.1) is 0 Å². The highest BCUT2D eigenvalue weighted by Crippen LogP contribution is 2.18. The van der Waals surface area contributed by atoms with Gasteiger partial charge in [0.25, 0.3) is 0 Å². The Morgan fingerprint density at radius 3 is 2.93 bits per heavy atom. The van der Waals surface area contributed by atoms with Crippen LogP contribution in [0.25, 0.3) is 0 Å². The Morgan fingerprint density at radius 2 is 2.33 bits per heavy atom. The van der Waals surface area contributed by atoms with Crippen LogP contribution in [0.2, 0.25) is 0 Å². The standard InChI is InChI=1S/C10H15FN4/c1-14-4-3-8(6-14)15(2)10-5-9(11)12-7-13-10/h5,7-8H,3-4,6H2,1-2H3. The SMILES string of the molecule is CN1CCC(N(C)c2cc(F)ncn2)C1. The lowest BCUT2D eigenvalue weighted by molar-refractivity contribution is 0.409. The largest absolute Gasteiger partial charge is 0.355 e. The summed E-state index contributed by atoms with van der Waals surface area (Å²) < 4.78 is 12.9. The fourth-order valence-electron chi connectivity index (χ4n) is 1.93. The number of hydrogen-bond acceptors (Lipinski definition) is 4. The number of likely N-dealkylation sites (N-methyl/N-ethyl adjacent to an activating group) is 2. The summed E-state index contributed by atoms with van der Waals surface area (Å²) in [4.78, 5) is 11.8. The van der Waals surface area contributed by atoms with Crippen molar-refractivity contribution in [3.63, 3.8) is 0 Å². The third-order valence-corrected chi connectivity index (χ3v) is 2.89. The molecule has 82 valence electrons. The average molecular weight is 210 g/mol. The molecule has 0 aromatic carbocycles. The van der Waals surface area contributed by atoms with Crippen molar-refractivity contribution in [2.45, 2.75) is 12.5 Å². The maximum Gasteiger partial charge on any atom is 0.218 e. The second-order valence-corrected chi connectivity index (χ2v) is 4.01. The number of aromatic nitrogens is 2. The number of halogens is 1. The van der Waals surface area contributed by atoms with Crippen LogP contribution in [0, 0.1) is 5.95 Å². The zero-order valence-electron chi connectivity index (χ0n) is 9.02. The first-order chi connectivity index (χ1) is 7.16. The van der Waals surface area contributed by atoms with Crippen molar-refractivity contribution in [3.8, 4) is 0 Å². The van der Waals surface area contributed by atoms with Gasteiger partial charge in [0.2, 0.25) is 5.95 Å². The molecule has 4 nitrogen and oxygen atoms in total. The van der Waals surface area contributed by atoms with E-state index in [1.807, 2.05) is 11.9 Å². The molecule has 1 atom stereocenters. The molecule has 0 radical (unpaired) electrons. The smallest absolute Gasteiger partial charge is 0.218 e. The third-order valence-electron chi connectivity index (χ3n) is 2.89. The van der Waals surface area contributed by atoms with Crippen LogP contribution in [0.1, 0.15) is 6.42 Å². The number of likely N-dealkylation sites (tertiary alicyclic amines) is 1. The average Bonchev–Trinajstić information content (AvgIpc) is 2.64. The summed E-state index contributed by atoms with van der Waals surface area (Å²) in [5.41, 5.74) is 0. The summed E-state index contributed by atoms with van der Waals surface area (Å²) in [5.74, 6) is 0.181. The Kier molecular flexibility index (Phi) is 2.81. The molecule has 1 aliphatic heterocycles. The van der Waals surface area contributed by atoms with Crippen LogP contribution >= 0.6 is 0 Å². The van der Waals surface area contributed by atoms with Crippen molar-refractivity contribution in [2.24, 2.45) is 0 Å². The van der Waals surface area contributed by atoms with Gasteiger partial charge in [-0.1, -0.05) is 0 Å². The quantitative estimate of drug-likeness (QED) is 0.674. The Hall–Kier alpha value is -1.23. The van der Waals surface area contributed by atoms with Crippen LogP contribution in [0.4, 0.5) is 10.2 Å². The first-order valence-corrected chi connectivity index (χ1v) is 5.06. The van der Waals surface area contributed by atoms with Gasteiger partial charge in [-0.3, -0.25) is 0 Å². The Morgan fingerprint density at radius 1 is 1.53 bits per heavy atom. The molecule has 2 rings (SSSR count). The lowest BCUT2D eigenvalue weighted by atomic mass is 10.2. The summed E-state index contributed by atoms with van der Waals surface area (Å²) in [5, 5.41) is 0. The lowest BCUT2D eigenvalue weighted by Crippen LogP contribution is -2.34. The van der Waals surface area contributed by atoms with E-state index < -0.39 is 5.95 Å². The van der Waals surface area contributed by atoms with E-state index in [4.69, 9.17) is 0 Å². The summed E-state index contributed by atoms with van der Waals surface area (Å²) >= 11 is 0. The summed E-state index contributed by atoms with van der Waals surface area (Å²) in [6.07, 6.45) is 2.36. The molecule has 1 aromatic heterocycles. The van der Waals surface area contributed by atoms with Gasteiger partial charge < -0.3 is 9.80 Å². The summed E-state index contributed by atoms with van der Waals surface area (Å²) in [7, 11) is 4.04. The fourth-order valence-corrected chi connectivity index (χ4v) is 1.93. The molecule has 1 aliphatic rings. The predicted molar refractivity (Wildman–Crippen MR) is 56.3 cm³/mol. The molecule has 0 bridgehead atoms. The molecule has 0 saturated carbocycles. The van der Waals surface area contributed by atoms with Gasteiger partial charge in [0.05, 0.1) is 0 Å². The first-order valence-electron chi connectivity index (χ1n) is 5.06. The van der Waals surface area contributed by atoms with Crippen molar-refractivity contribution in [3.05, 3.63) is 18.3 Å². The molecule has 1 unspecified atom stereocenters. The molecule has 0 aliphatic carbocycles. The highest BCUT2D eigenvalue weighted by atomic mass is 19.1. The van der Waals surface area contributed by atoms with Crippen molar-refractivity contribution in [1.29, 1.82) is 0 Å². The number of anilines is 1. The van der Waals surface area contributed by atoms with Crippen LogP contribution in [0.3, 0.4) is 0 Å². The highest BCUT2D eigenvalue weighted by molar-refractivity contribution is 5.37. The van der Waals surface area contributed by atoms with Crippen molar-refractivity contribution in [2.75, 3.05) is 32.1 Å². The molecule has 0 spiro atoms. The van der Waals surface area contributed by atoms with Gasteiger partial charge in [-0.05, 0) is 20.0 Å². The van der Waals surface area contributed by atoms with Gasteiger partial charge in [-0.25, -0.2) is 9.97 Å². The highest BCUT2D eigenvalue weighted by Gasteiger charge is 2.24. The zero-order valence-corrected chi connectivity index (χ0v) is 9.02. The maximum atomic E-state index is 12.9. The third kappa shape index (κ3) is 2.23. The monoisotopic (exact) mass is 210 g/mol. The molecule has 1 aromatic rings. The fraction of sp³-hybridized carbons (Fsp3) is 0.600. The normalized spacial score (nSPS) is 21.9. The molecule has 15 heavy (non-hydrogen) atoms. The van der Waals surface area contributed by atoms with Gasteiger partial charge in [0.15, 0.2) is 0 Å². The van der Waals surface area contributed by atoms with E-state index in [2.05, 4.69) is 21.9 Å². The van der Waals surface area contributed by atoms with Gasteiger partial charge >= 0.3 is 0 Å². The maximum absolute atomic E-state index is 12.9. The van der Waals surface area contributed by atoms with Crippen molar-refractivity contribution >= 4 is 5.82 Å². The van der Waals surface area contributed by atoms with E-state index in [1.54, 1.807) is 0 Å². The molecule has 1 saturated heterocycles. The Balaban J connectivity index is 2.10. The number of hydrogen-bond donors (Lipinski definition) is 0. The van der Waals surface area contributed by atoms with E-state index in [9.17, 15) is 4.39 Å². The molecule has 2 heterocycles. The number of rotatable bonds is 2. The molecule has 1 fully saturated rings. The van der Waals surface area contributed by atoms with E-state index >= 15 is 0 Å². The molecular formula is C10H15FN4. The second-order valence-electron chi connectivity index (χ2n) is 4.01. The van der Waals surface area contributed by atoms with E-state index in [0.717, 1.165) is 19.5 Å². The van der Waals surface area contributed by atoms with Crippen LogP contribution in [-0.4, -0.2) is 48.1 Å². The van der Waals surface area contributed by atoms with Crippen molar-refractivity contribution in [1.82, 2.24) is 14.9 Å². The zero-order chi connectivity index (χ0) is 10.8. The van der Waals surface area contributed by atoms with Gasteiger partial charge in [-0.2, -0.15) is 4.39 Å². The van der Waals surface area contributed by atoms with Gasteiger partial charge in [0.1, 0.15) is 12.1 Å². The van der Waals surface area contributed by atoms with E-state index in [0.29, 0.717) is 11.9 Å². The molecule has 5 heteroatoms.